The predicted molar refractivity (Wildman–Crippen MR) is 99.3 cm³/mol. The van der Waals surface area contributed by atoms with E-state index >= 15 is 0 Å². The van der Waals surface area contributed by atoms with Gasteiger partial charge in [0.2, 0.25) is 15.9 Å². The Hall–Kier alpha value is -2.45. The standard InChI is InChI=1S/C18H22N4O3S/c19-18(23)15-4-6-16(7-5-15)26(24,25)21-13-14-8-9-20-17(12-14)22-10-2-1-3-11-22/h4-9,12,21H,1-3,10-11,13H2,(H2,19,23). The number of hydrogen-bond acceptors (Lipinski definition) is 5. The SMILES string of the molecule is NC(=O)c1ccc(S(=O)(=O)NCc2ccnc(N3CCCCC3)c2)cc1. The van der Waals surface area contributed by atoms with Crippen molar-refractivity contribution in [2.24, 2.45) is 5.73 Å². The number of carbonyl (C=O) groups excluding carboxylic acids is 1. The molecule has 0 bridgehead atoms. The molecule has 0 atom stereocenters. The highest BCUT2D eigenvalue weighted by atomic mass is 32.2. The second-order valence-electron chi connectivity index (χ2n) is 6.28. The predicted octanol–water partition coefficient (Wildman–Crippen LogP) is 1.65. The minimum Gasteiger partial charge on any atom is -0.366 e. The molecule has 8 heteroatoms. The number of sulfonamides is 1. The van der Waals surface area contributed by atoms with Gasteiger partial charge < -0.3 is 10.6 Å². The topological polar surface area (TPSA) is 105 Å². The number of anilines is 1. The van der Waals surface area contributed by atoms with Crippen molar-refractivity contribution in [3.63, 3.8) is 0 Å². The molecule has 2 aromatic rings. The number of aromatic nitrogens is 1. The Morgan fingerprint density at radius 1 is 1.12 bits per heavy atom. The highest BCUT2D eigenvalue weighted by Gasteiger charge is 2.16. The van der Waals surface area contributed by atoms with Gasteiger partial charge in [0.25, 0.3) is 0 Å². The van der Waals surface area contributed by atoms with Crippen molar-refractivity contribution in [3.05, 3.63) is 53.7 Å². The maximum absolute atomic E-state index is 12.4. The van der Waals surface area contributed by atoms with Crippen molar-refractivity contribution >= 4 is 21.7 Å². The summed E-state index contributed by atoms with van der Waals surface area (Å²) in [5.74, 6) is 0.288. The summed E-state index contributed by atoms with van der Waals surface area (Å²) in [7, 11) is -3.67. The van der Waals surface area contributed by atoms with Crippen LogP contribution in [0.4, 0.5) is 5.82 Å². The number of hydrogen-bond donors (Lipinski definition) is 2. The minimum absolute atomic E-state index is 0.0906. The number of primary amides is 1. The van der Waals surface area contributed by atoms with Crippen LogP contribution in [0.2, 0.25) is 0 Å². The van der Waals surface area contributed by atoms with Crippen LogP contribution in [0.5, 0.6) is 0 Å². The first-order valence-corrected chi connectivity index (χ1v) is 10.0. The normalized spacial score (nSPS) is 15.0. The first-order valence-electron chi connectivity index (χ1n) is 8.55. The van der Waals surface area contributed by atoms with E-state index in [1.54, 1.807) is 12.3 Å². The molecule has 1 aromatic carbocycles. The van der Waals surface area contributed by atoms with Crippen molar-refractivity contribution in [2.45, 2.75) is 30.7 Å². The number of benzene rings is 1. The van der Waals surface area contributed by atoms with Crippen molar-refractivity contribution in [1.82, 2.24) is 9.71 Å². The summed E-state index contributed by atoms with van der Waals surface area (Å²) in [6.45, 7) is 2.13. The van der Waals surface area contributed by atoms with E-state index < -0.39 is 15.9 Å². The number of nitrogens with one attached hydrogen (secondary N) is 1. The van der Waals surface area contributed by atoms with Crippen LogP contribution >= 0.6 is 0 Å². The fourth-order valence-corrected chi connectivity index (χ4v) is 3.94. The highest BCUT2D eigenvalue weighted by Crippen LogP contribution is 2.19. The summed E-state index contributed by atoms with van der Waals surface area (Å²) >= 11 is 0. The van der Waals surface area contributed by atoms with Gasteiger partial charge in [-0.25, -0.2) is 18.1 Å². The molecule has 3 N–H and O–H groups in total. The van der Waals surface area contributed by atoms with Gasteiger partial charge in [-0.05, 0) is 61.2 Å². The van der Waals surface area contributed by atoms with Crippen LogP contribution in [0.3, 0.4) is 0 Å². The fraction of sp³-hybridized carbons (Fsp3) is 0.333. The molecule has 1 aliphatic rings. The van der Waals surface area contributed by atoms with Crippen LogP contribution in [0.15, 0.2) is 47.5 Å². The lowest BCUT2D eigenvalue weighted by molar-refractivity contribution is 0.1000. The summed E-state index contributed by atoms with van der Waals surface area (Å²) in [6, 6.07) is 9.26. The maximum Gasteiger partial charge on any atom is 0.248 e. The number of amides is 1. The van der Waals surface area contributed by atoms with Gasteiger partial charge in [-0.15, -0.1) is 0 Å². The Bertz CT molecular complexity index is 876. The number of piperidine rings is 1. The van der Waals surface area contributed by atoms with Crippen LogP contribution in [-0.2, 0) is 16.6 Å². The van der Waals surface area contributed by atoms with E-state index in [-0.39, 0.29) is 17.0 Å². The lowest BCUT2D eigenvalue weighted by Gasteiger charge is -2.27. The van der Waals surface area contributed by atoms with Crippen LogP contribution in [0.25, 0.3) is 0 Å². The van der Waals surface area contributed by atoms with Gasteiger partial charge in [-0.3, -0.25) is 4.79 Å². The zero-order valence-electron chi connectivity index (χ0n) is 14.4. The van der Waals surface area contributed by atoms with Gasteiger partial charge in [0.1, 0.15) is 5.82 Å². The third-order valence-electron chi connectivity index (χ3n) is 4.41. The Labute approximate surface area is 153 Å². The summed E-state index contributed by atoms with van der Waals surface area (Å²) in [5, 5.41) is 0. The Kier molecular flexibility index (Phi) is 5.53. The van der Waals surface area contributed by atoms with Gasteiger partial charge in [0.05, 0.1) is 4.90 Å². The monoisotopic (exact) mass is 374 g/mol. The molecule has 0 aliphatic carbocycles. The van der Waals surface area contributed by atoms with E-state index in [4.69, 9.17) is 5.73 Å². The van der Waals surface area contributed by atoms with Crippen molar-refractivity contribution in [1.29, 1.82) is 0 Å². The van der Waals surface area contributed by atoms with Crippen LogP contribution in [0, 0.1) is 0 Å². The smallest absolute Gasteiger partial charge is 0.248 e. The summed E-state index contributed by atoms with van der Waals surface area (Å²) in [4.78, 5) is 17.8. The van der Waals surface area contributed by atoms with E-state index in [9.17, 15) is 13.2 Å². The van der Waals surface area contributed by atoms with Gasteiger partial charge >= 0.3 is 0 Å². The van der Waals surface area contributed by atoms with E-state index in [0.717, 1.165) is 37.3 Å². The molecule has 1 saturated heterocycles. The summed E-state index contributed by atoms with van der Waals surface area (Å²) in [5.41, 5.74) is 6.28. The quantitative estimate of drug-likeness (QED) is 0.800. The average Bonchev–Trinajstić information content (AvgIpc) is 2.67. The maximum atomic E-state index is 12.4. The number of carbonyl (C=O) groups is 1. The minimum atomic E-state index is -3.67. The number of nitrogens with zero attached hydrogens (tertiary/aromatic N) is 2. The molecule has 0 spiro atoms. The highest BCUT2D eigenvalue weighted by molar-refractivity contribution is 7.89. The summed E-state index contributed by atoms with van der Waals surface area (Å²) in [6.07, 6.45) is 5.25. The molecule has 26 heavy (non-hydrogen) atoms. The average molecular weight is 374 g/mol. The molecule has 3 rings (SSSR count). The molecule has 1 aliphatic heterocycles. The molecular weight excluding hydrogens is 352 g/mol. The lowest BCUT2D eigenvalue weighted by Crippen LogP contribution is -2.30. The molecule has 0 saturated carbocycles. The van der Waals surface area contributed by atoms with Crippen LogP contribution < -0.4 is 15.4 Å². The van der Waals surface area contributed by atoms with Gasteiger partial charge in [0.15, 0.2) is 0 Å². The molecule has 1 amide bonds. The number of rotatable bonds is 6. The molecule has 2 heterocycles. The molecule has 0 radical (unpaired) electrons. The number of pyridine rings is 1. The lowest BCUT2D eigenvalue weighted by atomic mass is 10.1. The van der Waals surface area contributed by atoms with Gasteiger partial charge in [0, 0.05) is 31.4 Å². The van der Waals surface area contributed by atoms with Crippen LogP contribution in [-0.4, -0.2) is 32.4 Å². The third-order valence-corrected chi connectivity index (χ3v) is 5.82. The molecule has 1 fully saturated rings. The molecule has 1 aromatic heterocycles. The van der Waals surface area contributed by atoms with E-state index in [1.165, 1.54) is 30.7 Å². The Morgan fingerprint density at radius 3 is 2.46 bits per heavy atom. The molecule has 7 nitrogen and oxygen atoms in total. The van der Waals surface area contributed by atoms with Crippen LogP contribution in [0.1, 0.15) is 35.2 Å². The molecule has 0 unspecified atom stereocenters. The Morgan fingerprint density at radius 2 is 1.81 bits per heavy atom. The van der Waals surface area contributed by atoms with Gasteiger partial charge in [-0.2, -0.15) is 0 Å². The number of nitrogens with two attached hydrogens (primary N) is 1. The first-order chi connectivity index (χ1) is 12.5. The fourth-order valence-electron chi connectivity index (χ4n) is 2.93. The van der Waals surface area contributed by atoms with E-state index in [1.807, 2.05) is 6.07 Å². The van der Waals surface area contributed by atoms with E-state index in [0.29, 0.717) is 0 Å². The van der Waals surface area contributed by atoms with Crippen molar-refractivity contribution in [3.8, 4) is 0 Å². The largest absolute Gasteiger partial charge is 0.366 e. The zero-order chi connectivity index (χ0) is 18.6. The summed E-state index contributed by atoms with van der Waals surface area (Å²) < 4.78 is 27.4. The van der Waals surface area contributed by atoms with Gasteiger partial charge in [-0.1, -0.05) is 0 Å². The molecule has 138 valence electrons. The van der Waals surface area contributed by atoms with E-state index in [2.05, 4.69) is 14.6 Å². The van der Waals surface area contributed by atoms with Crippen molar-refractivity contribution < 1.29 is 13.2 Å². The second-order valence-corrected chi connectivity index (χ2v) is 8.05. The van der Waals surface area contributed by atoms with Crippen molar-refractivity contribution in [2.75, 3.05) is 18.0 Å². The third kappa shape index (κ3) is 4.39. The molecular formula is C18H22N4O3S. The Balaban J connectivity index is 1.68. The zero-order valence-corrected chi connectivity index (χ0v) is 15.2. The second kappa shape index (κ2) is 7.84. The first kappa shape index (κ1) is 18.3.